The van der Waals surface area contributed by atoms with Crippen molar-refractivity contribution in [3.63, 3.8) is 0 Å². The lowest BCUT2D eigenvalue weighted by Gasteiger charge is -2.27. The Morgan fingerprint density at radius 1 is 1.43 bits per heavy atom. The number of ether oxygens (including phenoxy) is 3. The molecule has 1 unspecified atom stereocenters. The fourth-order valence-corrected chi connectivity index (χ4v) is 2.40. The predicted molar refractivity (Wildman–Crippen MR) is 87.9 cm³/mol. The number of nitrogens with two attached hydrogens (primary N) is 1. The lowest BCUT2D eigenvalue weighted by molar-refractivity contribution is -0.0933. The maximum atomic E-state index is 12.6. The van der Waals surface area contributed by atoms with Gasteiger partial charge in [0.05, 0.1) is 32.5 Å². The van der Waals surface area contributed by atoms with Gasteiger partial charge in [-0.15, -0.1) is 0 Å². The first-order valence-electron chi connectivity index (χ1n) is 8.00. The average Bonchev–Trinajstić information content (AvgIpc) is 2.57. The molecule has 2 rings (SSSR count). The van der Waals surface area contributed by atoms with Crippen LogP contribution in [0, 0.1) is 6.92 Å². The van der Waals surface area contributed by atoms with Crippen LogP contribution in [0.3, 0.4) is 0 Å². The second-order valence-electron chi connectivity index (χ2n) is 5.72. The molecule has 1 amide bonds. The van der Waals surface area contributed by atoms with Crippen molar-refractivity contribution in [1.29, 1.82) is 0 Å². The van der Waals surface area contributed by atoms with E-state index in [0.717, 1.165) is 17.7 Å². The number of amides is 1. The summed E-state index contributed by atoms with van der Waals surface area (Å²) < 4.78 is 16.7. The van der Waals surface area contributed by atoms with E-state index >= 15 is 0 Å². The summed E-state index contributed by atoms with van der Waals surface area (Å²) in [5.74, 6) is 0.679. The Kier molecular flexibility index (Phi) is 6.83. The van der Waals surface area contributed by atoms with Crippen molar-refractivity contribution in [2.75, 3.05) is 46.6 Å². The fraction of sp³-hybridized carbons (Fsp3) is 0.588. The van der Waals surface area contributed by atoms with Gasteiger partial charge in [0.1, 0.15) is 5.75 Å². The monoisotopic (exact) mass is 322 g/mol. The Morgan fingerprint density at radius 2 is 2.26 bits per heavy atom. The molecule has 0 spiro atoms. The Bertz CT molecular complexity index is 515. The van der Waals surface area contributed by atoms with Crippen molar-refractivity contribution in [3.05, 3.63) is 29.3 Å². The largest absolute Gasteiger partial charge is 0.493 e. The highest BCUT2D eigenvalue weighted by molar-refractivity contribution is 5.94. The number of rotatable bonds is 7. The maximum Gasteiger partial charge on any atom is 0.253 e. The molecular formula is C17H26N2O4. The summed E-state index contributed by atoms with van der Waals surface area (Å²) in [4.78, 5) is 14.2. The highest BCUT2D eigenvalue weighted by Gasteiger charge is 2.20. The highest BCUT2D eigenvalue weighted by atomic mass is 16.6. The number of carbonyl (C=O) groups excluding carboxylic acids is 1. The van der Waals surface area contributed by atoms with Crippen LogP contribution in [-0.4, -0.2) is 63.5 Å². The van der Waals surface area contributed by atoms with Crippen molar-refractivity contribution in [2.24, 2.45) is 5.73 Å². The molecule has 23 heavy (non-hydrogen) atoms. The van der Waals surface area contributed by atoms with Crippen LogP contribution >= 0.6 is 0 Å². The SMILES string of the molecule is Cc1ccc(C(=O)N(C)CC2COCCO2)cc1OCCCN. The number of hydrogen-bond donors (Lipinski definition) is 1. The molecule has 1 aliphatic heterocycles. The van der Waals surface area contributed by atoms with Crippen molar-refractivity contribution in [3.8, 4) is 5.75 Å². The third-order valence-corrected chi connectivity index (χ3v) is 3.75. The molecule has 6 heteroatoms. The molecule has 1 atom stereocenters. The first-order chi connectivity index (χ1) is 11.1. The van der Waals surface area contributed by atoms with E-state index in [1.807, 2.05) is 19.1 Å². The van der Waals surface area contributed by atoms with Gasteiger partial charge in [-0.1, -0.05) is 6.07 Å². The zero-order chi connectivity index (χ0) is 16.7. The van der Waals surface area contributed by atoms with Crippen LogP contribution in [-0.2, 0) is 9.47 Å². The first-order valence-corrected chi connectivity index (χ1v) is 8.00. The van der Waals surface area contributed by atoms with Gasteiger partial charge in [-0.3, -0.25) is 4.79 Å². The molecule has 1 fully saturated rings. The molecule has 0 radical (unpaired) electrons. The van der Waals surface area contributed by atoms with Crippen LogP contribution < -0.4 is 10.5 Å². The molecule has 1 aliphatic rings. The van der Waals surface area contributed by atoms with E-state index < -0.39 is 0 Å². The van der Waals surface area contributed by atoms with Gasteiger partial charge in [-0.2, -0.15) is 0 Å². The molecular weight excluding hydrogens is 296 g/mol. The quantitative estimate of drug-likeness (QED) is 0.764. The zero-order valence-electron chi connectivity index (χ0n) is 13.9. The molecule has 1 heterocycles. The van der Waals surface area contributed by atoms with Gasteiger partial charge >= 0.3 is 0 Å². The number of benzene rings is 1. The van der Waals surface area contributed by atoms with E-state index in [1.54, 1.807) is 18.0 Å². The van der Waals surface area contributed by atoms with Crippen molar-refractivity contribution < 1.29 is 19.0 Å². The van der Waals surface area contributed by atoms with E-state index in [0.29, 0.717) is 45.1 Å². The standard InChI is InChI=1S/C17H26N2O4/c1-13-4-5-14(10-16(13)23-7-3-6-18)17(20)19(2)11-15-12-21-8-9-22-15/h4-5,10,15H,3,6-9,11-12,18H2,1-2H3. The van der Waals surface area contributed by atoms with E-state index in [-0.39, 0.29) is 12.0 Å². The summed E-state index contributed by atoms with van der Waals surface area (Å²) in [7, 11) is 1.77. The molecule has 0 saturated carbocycles. The van der Waals surface area contributed by atoms with Crippen LogP contribution in [0.2, 0.25) is 0 Å². The Morgan fingerprint density at radius 3 is 2.96 bits per heavy atom. The summed E-state index contributed by atoms with van der Waals surface area (Å²) in [6.07, 6.45) is 0.722. The lowest BCUT2D eigenvalue weighted by Crippen LogP contribution is -2.40. The van der Waals surface area contributed by atoms with Gasteiger partial charge in [0, 0.05) is 19.2 Å². The van der Waals surface area contributed by atoms with Crippen LogP contribution in [0.1, 0.15) is 22.3 Å². The third kappa shape index (κ3) is 5.20. The van der Waals surface area contributed by atoms with Crippen molar-refractivity contribution in [1.82, 2.24) is 4.90 Å². The van der Waals surface area contributed by atoms with Gasteiger partial charge in [-0.25, -0.2) is 0 Å². The van der Waals surface area contributed by atoms with Crippen LogP contribution in [0.15, 0.2) is 18.2 Å². The smallest absolute Gasteiger partial charge is 0.253 e. The van der Waals surface area contributed by atoms with Crippen LogP contribution in [0.5, 0.6) is 5.75 Å². The predicted octanol–water partition coefficient (Wildman–Crippen LogP) is 1.21. The molecule has 1 aromatic carbocycles. The van der Waals surface area contributed by atoms with E-state index in [9.17, 15) is 4.79 Å². The van der Waals surface area contributed by atoms with Gasteiger partial charge in [0.25, 0.3) is 5.91 Å². The number of hydrogen-bond acceptors (Lipinski definition) is 5. The minimum Gasteiger partial charge on any atom is -0.493 e. The molecule has 1 aromatic rings. The molecule has 0 bridgehead atoms. The topological polar surface area (TPSA) is 74.0 Å². The molecule has 128 valence electrons. The molecule has 2 N–H and O–H groups in total. The number of carbonyl (C=O) groups is 1. The number of likely N-dealkylation sites (N-methyl/N-ethyl adjacent to an activating group) is 1. The zero-order valence-corrected chi connectivity index (χ0v) is 13.9. The highest BCUT2D eigenvalue weighted by Crippen LogP contribution is 2.21. The second kappa shape index (κ2) is 8.86. The van der Waals surface area contributed by atoms with Gasteiger partial charge in [0.15, 0.2) is 0 Å². The Hall–Kier alpha value is -1.63. The number of nitrogens with zero attached hydrogens (tertiary/aromatic N) is 1. The summed E-state index contributed by atoms with van der Waals surface area (Å²) >= 11 is 0. The normalized spacial score (nSPS) is 17.8. The summed E-state index contributed by atoms with van der Waals surface area (Å²) in [5, 5.41) is 0. The van der Waals surface area contributed by atoms with Crippen molar-refractivity contribution >= 4 is 5.91 Å². The molecule has 0 aliphatic carbocycles. The van der Waals surface area contributed by atoms with Gasteiger partial charge in [-0.05, 0) is 37.6 Å². The summed E-state index contributed by atoms with van der Waals surface area (Å²) in [5.41, 5.74) is 7.09. The first kappa shape index (κ1) is 17.7. The second-order valence-corrected chi connectivity index (χ2v) is 5.72. The molecule has 1 saturated heterocycles. The van der Waals surface area contributed by atoms with Crippen LogP contribution in [0.4, 0.5) is 0 Å². The van der Waals surface area contributed by atoms with Crippen molar-refractivity contribution in [2.45, 2.75) is 19.4 Å². The van der Waals surface area contributed by atoms with E-state index in [2.05, 4.69) is 0 Å². The lowest BCUT2D eigenvalue weighted by atomic mass is 10.1. The molecule has 0 aromatic heterocycles. The minimum absolute atomic E-state index is 0.0529. The fourth-order valence-electron chi connectivity index (χ4n) is 2.40. The van der Waals surface area contributed by atoms with Gasteiger partial charge in [0.2, 0.25) is 0 Å². The summed E-state index contributed by atoms with van der Waals surface area (Å²) in [6.45, 7) is 5.34. The number of aryl methyl sites for hydroxylation is 1. The third-order valence-electron chi connectivity index (χ3n) is 3.75. The average molecular weight is 322 g/mol. The minimum atomic E-state index is -0.0663. The van der Waals surface area contributed by atoms with Gasteiger partial charge < -0.3 is 24.8 Å². The van der Waals surface area contributed by atoms with E-state index in [1.165, 1.54) is 0 Å². The van der Waals surface area contributed by atoms with E-state index in [4.69, 9.17) is 19.9 Å². The maximum absolute atomic E-state index is 12.6. The van der Waals surface area contributed by atoms with Crippen LogP contribution in [0.25, 0.3) is 0 Å². The Labute approximate surface area is 137 Å². The molecule has 6 nitrogen and oxygen atoms in total. The Balaban J connectivity index is 1.98. The summed E-state index contributed by atoms with van der Waals surface area (Å²) in [6, 6.07) is 5.52.